The van der Waals surface area contributed by atoms with Gasteiger partial charge in [0.25, 0.3) is 0 Å². The summed E-state index contributed by atoms with van der Waals surface area (Å²) < 4.78 is 2.16. The maximum absolute atomic E-state index is 6.07. The van der Waals surface area contributed by atoms with Crippen LogP contribution in [0.3, 0.4) is 0 Å². The van der Waals surface area contributed by atoms with Crippen molar-refractivity contribution in [2.45, 2.75) is 13.0 Å². The summed E-state index contributed by atoms with van der Waals surface area (Å²) in [5.41, 5.74) is 2.12. The molecule has 1 saturated heterocycles. The van der Waals surface area contributed by atoms with Crippen LogP contribution in [-0.2, 0) is 7.05 Å². The van der Waals surface area contributed by atoms with Gasteiger partial charge in [-0.05, 0) is 25.1 Å². The Labute approximate surface area is 118 Å². The summed E-state index contributed by atoms with van der Waals surface area (Å²) in [6, 6.07) is 6.21. The van der Waals surface area contributed by atoms with E-state index in [0.29, 0.717) is 6.04 Å². The topological polar surface area (TPSA) is 33.1 Å². The number of aryl methyl sites for hydroxylation is 1. The minimum absolute atomic E-state index is 0.332. The van der Waals surface area contributed by atoms with Crippen molar-refractivity contribution in [3.63, 3.8) is 0 Å². The van der Waals surface area contributed by atoms with Gasteiger partial charge in [-0.2, -0.15) is 0 Å². The van der Waals surface area contributed by atoms with E-state index in [1.54, 1.807) is 0 Å². The number of nitrogens with one attached hydrogen (secondary N) is 1. The first kappa shape index (κ1) is 12.9. The molecule has 1 unspecified atom stereocenters. The van der Waals surface area contributed by atoms with Crippen LogP contribution < -0.4 is 5.32 Å². The maximum atomic E-state index is 6.07. The second-order valence-corrected chi connectivity index (χ2v) is 5.56. The number of piperazine rings is 1. The van der Waals surface area contributed by atoms with Crippen molar-refractivity contribution in [2.75, 3.05) is 26.2 Å². The van der Waals surface area contributed by atoms with E-state index in [1.165, 1.54) is 0 Å². The Hall–Kier alpha value is -1.10. The minimum Gasteiger partial charge on any atom is -0.330 e. The SMILES string of the molecule is CC(c1nc2ccc(Cl)cc2n1C)N1CCNCC1. The summed E-state index contributed by atoms with van der Waals surface area (Å²) in [7, 11) is 2.07. The van der Waals surface area contributed by atoms with Crippen molar-refractivity contribution in [3.05, 3.63) is 29.0 Å². The Balaban J connectivity index is 1.97. The van der Waals surface area contributed by atoms with Gasteiger partial charge < -0.3 is 9.88 Å². The molecule has 1 N–H and O–H groups in total. The van der Waals surface area contributed by atoms with Crippen LogP contribution in [0.1, 0.15) is 18.8 Å². The number of halogens is 1. The summed E-state index contributed by atoms with van der Waals surface area (Å²) in [4.78, 5) is 7.24. The van der Waals surface area contributed by atoms with Crippen molar-refractivity contribution in [1.29, 1.82) is 0 Å². The van der Waals surface area contributed by atoms with Gasteiger partial charge >= 0.3 is 0 Å². The first-order valence-electron chi connectivity index (χ1n) is 6.73. The first-order chi connectivity index (χ1) is 9.16. The van der Waals surface area contributed by atoms with Crippen molar-refractivity contribution in [2.24, 2.45) is 7.05 Å². The molecule has 1 atom stereocenters. The quantitative estimate of drug-likeness (QED) is 0.914. The summed E-state index contributed by atoms with van der Waals surface area (Å²) in [5.74, 6) is 1.11. The molecule has 0 amide bonds. The van der Waals surface area contributed by atoms with E-state index >= 15 is 0 Å². The molecule has 19 heavy (non-hydrogen) atoms. The van der Waals surface area contributed by atoms with Crippen LogP contribution in [0.2, 0.25) is 5.02 Å². The van der Waals surface area contributed by atoms with Gasteiger partial charge in [0, 0.05) is 38.2 Å². The van der Waals surface area contributed by atoms with Crippen molar-refractivity contribution in [1.82, 2.24) is 19.8 Å². The first-order valence-corrected chi connectivity index (χ1v) is 7.11. The number of aromatic nitrogens is 2. The predicted octanol–water partition coefficient (Wildman–Crippen LogP) is 2.19. The molecule has 0 radical (unpaired) electrons. The van der Waals surface area contributed by atoms with E-state index in [1.807, 2.05) is 18.2 Å². The molecule has 1 fully saturated rings. The third kappa shape index (κ3) is 2.36. The molecule has 1 aliphatic rings. The highest BCUT2D eigenvalue weighted by molar-refractivity contribution is 6.31. The molecule has 2 aromatic rings. The Kier molecular flexibility index (Phi) is 3.48. The van der Waals surface area contributed by atoms with Crippen LogP contribution in [0.25, 0.3) is 11.0 Å². The van der Waals surface area contributed by atoms with Gasteiger partial charge in [0.1, 0.15) is 5.82 Å². The molecule has 1 aliphatic heterocycles. The third-order valence-electron chi connectivity index (χ3n) is 3.95. The van der Waals surface area contributed by atoms with E-state index in [0.717, 1.165) is 48.1 Å². The molecule has 3 rings (SSSR count). The standard InChI is InChI=1S/C14H19ClN4/c1-10(19-7-5-16-6-8-19)14-17-12-4-3-11(15)9-13(12)18(14)2/h3-4,9-10,16H,5-8H2,1-2H3. The number of benzene rings is 1. The van der Waals surface area contributed by atoms with E-state index in [4.69, 9.17) is 16.6 Å². The molecule has 1 aromatic carbocycles. The van der Waals surface area contributed by atoms with Crippen molar-refractivity contribution in [3.8, 4) is 0 Å². The lowest BCUT2D eigenvalue weighted by molar-refractivity contribution is 0.177. The van der Waals surface area contributed by atoms with Gasteiger partial charge in [-0.3, -0.25) is 4.90 Å². The van der Waals surface area contributed by atoms with Gasteiger partial charge in [0.15, 0.2) is 0 Å². The van der Waals surface area contributed by atoms with Crippen LogP contribution in [0.4, 0.5) is 0 Å². The van der Waals surface area contributed by atoms with E-state index in [9.17, 15) is 0 Å². The lowest BCUT2D eigenvalue weighted by Gasteiger charge is -2.32. The summed E-state index contributed by atoms with van der Waals surface area (Å²) in [5, 5.41) is 4.14. The van der Waals surface area contributed by atoms with Gasteiger partial charge in [0.2, 0.25) is 0 Å². The normalized spacial score (nSPS) is 18.9. The zero-order valence-electron chi connectivity index (χ0n) is 11.4. The van der Waals surface area contributed by atoms with Crippen LogP contribution in [0.15, 0.2) is 18.2 Å². The Bertz CT molecular complexity index is 586. The number of fused-ring (bicyclic) bond motifs is 1. The van der Waals surface area contributed by atoms with Gasteiger partial charge in [0.05, 0.1) is 17.1 Å². The summed E-state index contributed by atoms with van der Waals surface area (Å²) >= 11 is 6.07. The van der Waals surface area contributed by atoms with Crippen molar-refractivity contribution >= 4 is 22.6 Å². The van der Waals surface area contributed by atoms with Gasteiger partial charge in [-0.1, -0.05) is 11.6 Å². The average Bonchev–Trinajstić information content (AvgIpc) is 2.76. The predicted molar refractivity (Wildman–Crippen MR) is 78.6 cm³/mol. The molecule has 1 aromatic heterocycles. The Morgan fingerprint density at radius 1 is 1.32 bits per heavy atom. The van der Waals surface area contributed by atoms with Crippen LogP contribution in [-0.4, -0.2) is 40.6 Å². The molecule has 0 saturated carbocycles. The second kappa shape index (κ2) is 5.12. The zero-order chi connectivity index (χ0) is 13.4. The molecule has 5 heteroatoms. The second-order valence-electron chi connectivity index (χ2n) is 5.12. The highest BCUT2D eigenvalue weighted by atomic mass is 35.5. The van der Waals surface area contributed by atoms with Crippen molar-refractivity contribution < 1.29 is 0 Å². The summed E-state index contributed by atoms with van der Waals surface area (Å²) in [6.07, 6.45) is 0. The average molecular weight is 279 g/mol. The molecule has 4 nitrogen and oxygen atoms in total. The van der Waals surface area contributed by atoms with E-state index < -0.39 is 0 Å². The fraction of sp³-hybridized carbons (Fsp3) is 0.500. The number of imidazole rings is 1. The van der Waals surface area contributed by atoms with E-state index in [2.05, 4.69) is 28.8 Å². The molecule has 0 spiro atoms. The fourth-order valence-corrected chi connectivity index (χ4v) is 2.95. The van der Waals surface area contributed by atoms with Gasteiger partial charge in [-0.25, -0.2) is 4.98 Å². The van der Waals surface area contributed by atoms with E-state index in [-0.39, 0.29) is 0 Å². The Morgan fingerprint density at radius 2 is 2.05 bits per heavy atom. The molecule has 2 heterocycles. The van der Waals surface area contributed by atoms with Gasteiger partial charge in [-0.15, -0.1) is 0 Å². The van der Waals surface area contributed by atoms with Crippen LogP contribution >= 0.6 is 11.6 Å². The van der Waals surface area contributed by atoms with Crippen LogP contribution in [0, 0.1) is 0 Å². The zero-order valence-corrected chi connectivity index (χ0v) is 12.1. The summed E-state index contributed by atoms with van der Waals surface area (Å²) in [6.45, 7) is 6.49. The lowest BCUT2D eigenvalue weighted by Crippen LogP contribution is -2.44. The lowest BCUT2D eigenvalue weighted by atomic mass is 10.2. The number of hydrogen-bond donors (Lipinski definition) is 1. The number of rotatable bonds is 2. The fourth-order valence-electron chi connectivity index (χ4n) is 2.79. The number of hydrogen-bond acceptors (Lipinski definition) is 3. The smallest absolute Gasteiger partial charge is 0.126 e. The Morgan fingerprint density at radius 3 is 2.79 bits per heavy atom. The largest absolute Gasteiger partial charge is 0.330 e. The highest BCUT2D eigenvalue weighted by Gasteiger charge is 2.22. The molecule has 102 valence electrons. The minimum atomic E-state index is 0.332. The maximum Gasteiger partial charge on any atom is 0.126 e. The molecular weight excluding hydrogens is 260 g/mol. The monoisotopic (exact) mass is 278 g/mol. The van der Waals surface area contributed by atoms with Crippen LogP contribution in [0.5, 0.6) is 0 Å². The number of nitrogens with zero attached hydrogens (tertiary/aromatic N) is 3. The molecular formula is C14H19ClN4. The molecule has 0 bridgehead atoms. The highest BCUT2D eigenvalue weighted by Crippen LogP contribution is 2.25. The third-order valence-corrected chi connectivity index (χ3v) is 4.19. The molecule has 0 aliphatic carbocycles.